The number of carbonyl (C=O) groups is 1. The third-order valence-electron chi connectivity index (χ3n) is 4.90. The maximum Gasteiger partial charge on any atom is 0.244 e. The Labute approximate surface area is 154 Å². The van der Waals surface area contributed by atoms with Gasteiger partial charge in [-0.3, -0.25) is 9.89 Å². The fourth-order valence-electron chi connectivity index (χ4n) is 2.99. The van der Waals surface area contributed by atoms with Crippen LogP contribution >= 0.6 is 0 Å². The molecule has 27 heavy (non-hydrogen) atoms. The number of hydrogen-bond acceptors (Lipinski definition) is 3. The number of amides is 1. The highest BCUT2D eigenvalue weighted by Crippen LogP contribution is 2.36. The van der Waals surface area contributed by atoms with Gasteiger partial charge in [-0.2, -0.15) is 5.10 Å². The quantitative estimate of drug-likeness (QED) is 0.643. The maximum atomic E-state index is 14.4. The molecule has 1 amide bonds. The van der Waals surface area contributed by atoms with E-state index in [0.717, 1.165) is 18.4 Å². The third kappa shape index (κ3) is 3.33. The summed E-state index contributed by atoms with van der Waals surface area (Å²) >= 11 is 0. The van der Waals surface area contributed by atoms with E-state index in [9.17, 15) is 13.6 Å². The van der Waals surface area contributed by atoms with Gasteiger partial charge >= 0.3 is 0 Å². The molecular formula is C20H18F2N4O. The van der Waals surface area contributed by atoms with E-state index in [1.54, 1.807) is 37.4 Å². The zero-order valence-corrected chi connectivity index (χ0v) is 14.6. The average molecular weight is 368 g/mol. The largest absolute Gasteiger partial charge is 0.322 e. The number of H-pyrrole nitrogens is 1. The highest BCUT2D eigenvalue weighted by atomic mass is 19.1. The van der Waals surface area contributed by atoms with Gasteiger partial charge in [-0.1, -0.05) is 18.2 Å². The Morgan fingerprint density at radius 2 is 1.93 bits per heavy atom. The lowest BCUT2D eigenvalue weighted by Gasteiger charge is -2.14. The third-order valence-corrected chi connectivity index (χ3v) is 4.90. The minimum atomic E-state index is -0.594. The number of hydrogen-bond donors (Lipinski definition) is 3. The van der Waals surface area contributed by atoms with Gasteiger partial charge in [0.25, 0.3) is 0 Å². The monoisotopic (exact) mass is 368 g/mol. The van der Waals surface area contributed by atoms with Gasteiger partial charge in [0, 0.05) is 11.5 Å². The molecule has 0 atom stereocenters. The van der Waals surface area contributed by atoms with Crippen LogP contribution in [0.15, 0.2) is 36.4 Å². The molecule has 3 aromatic rings. The summed E-state index contributed by atoms with van der Waals surface area (Å²) in [6.45, 7) is 0. The molecule has 1 heterocycles. The van der Waals surface area contributed by atoms with Crippen LogP contribution in [-0.4, -0.2) is 28.7 Å². The summed E-state index contributed by atoms with van der Waals surface area (Å²) in [7, 11) is 1.72. The van der Waals surface area contributed by atoms with Crippen molar-refractivity contribution in [2.24, 2.45) is 0 Å². The molecule has 4 rings (SSSR count). The molecule has 5 nitrogen and oxygen atoms in total. The molecule has 0 radical (unpaired) electrons. The number of benzene rings is 2. The van der Waals surface area contributed by atoms with Crippen molar-refractivity contribution in [3.8, 4) is 0 Å². The van der Waals surface area contributed by atoms with Crippen LogP contribution in [0.4, 0.5) is 14.5 Å². The van der Waals surface area contributed by atoms with Crippen molar-refractivity contribution in [3.05, 3.63) is 59.3 Å². The summed E-state index contributed by atoms with van der Waals surface area (Å²) in [5.41, 5.74) is 1.46. The number of carbonyl (C=O) groups excluding carboxylic acids is 1. The first-order chi connectivity index (χ1) is 13.0. The predicted molar refractivity (Wildman–Crippen MR) is 101 cm³/mol. The number of anilines is 1. The van der Waals surface area contributed by atoms with Gasteiger partial charge in [-0.15, -0.1) is 0 Å². The highest BCUT2D eigenvalue weighted by Gasteiger charge is 2.48. The number of likely N-dealkylation sites (N-methyl/N-ethyl adjacent to an activating group) is 1. The van der Waals surface area contributed by atoms with Gasteiger partial charge in [0.2, 0.25) is 5.91 Å². The second-order valence-electron chi connectivity index (χ2n) is 6.66. The lowest BCUT2D eigenvalue weighted by molar-refractivity contribution is -0.119. The van der Waals surface area contributed by atoms with E-state index in [2.05, 4.69) is 20.8 Å². The molecule has 2 aromatic carbocycles. The molecule has 0 unspecified atom stereocenters. The molecule has 0 saturated heterocycles. The fourth-order valence-corrected chi connectivity index (χ4v) is 2.99. The molecular weight excluding hydrogens is 350 g/mol. The first-order valence-electron chi connectivity index (χ1n) is 8.62. The number of nitrogens with zero attached hydrogens (tertiary/aromatic N) is 1. The van der Waals surface area contributed by atoms with E-state index in [-0.39, 0.29) is 17.4 Å². The van der Waals surface area contributed by atoms with Gasteiger partial charge < -0.3 is 10.6 Å². The Bertz CT molecular complexity index is 1040. The Balaban J connectivity index is 1.63. The van der Waals surface area contributed by atoms with Crippen LogP contribution < -0.4 is 10.6 Å². The minimum absolute atomic E-state index is 0.117. The Morgan fingerprint density at radius 1 is 1.19 bits per heavy atom. The second-order valence-corrected chi connectivity index (χ2v) is 6.66. The number of rotatable bonds is 5. The van der Waals surface area contributed by atoms with Gasteiger partial charge in [-0.05, 0) is 49.7 Å². The molecule has 0 aliphatic heterocycles. The first-order valence-corrected chi connectivity index (χ1v) is 8.62. The number of fused-ring (bicyclic) bond motifs is 1. The fraction of sp³-hybridized carbons (Fsp3) is 0.200. The van der Waals surface area contributed by atoms with Gasteiger partial charge in [-0.25, -0.2) is 8.78 Å². The normalized spacial score (nSPS) is 15.4. The lowest BCUT2D eigenvalue weighted by Crippen LogP contribution is -2.40. The van der Waals surface area contributed by atoms with E-state index in [1.165, 1.54) is 18.2 Å². The first kappa shape index (κ1) is 17.4. The predicted octanol–water partition coefficient (Wildman–Crippen LogP) is 3.70. The Hall–Kier alpha value is -3.06. The van der Waals surface area contributed by atoms with Crippen LogP contribution in [0.3, 0.4) is 0 Å². The van der Waals surface area contributed by atoms with E-state index in [1.807, 2.05) is 0 Å². The van der Waals surface area contributed by atoms with Crippen LogP contribution in [0.25, 0.3) is 23.1 Å². The summed E-state index contributed by atoms with van der Waals surface area (Å²) in [4.78, 5) is 12.4. The zero-order valence-electron chi connectivity index (χ0n) is 14.6. The number of aromatic amines is 1. The smallest absolute Gasteiger partial charge is 0.244 e. The van der Waals surface area contributed by atoms with Crippen LogP contribution in [0, 0.1) is 11.6 Å². The molecule has 1 aliphatic rings. The van der Waals surface area contributed by atoms with Gasteiger partial charge in [0.1, 0.15) is 11.6 Å². The van der Waals surface area contributed by atoms with Crippen molar-refractivity contribution in [3.63, 3.8) is 0 Å². The van der Waals surface area contributed by atoms with Crippen LogP contribution in [0.2, 0.25) is 0 Å². The molecule has 3 N–H and O–H groups in total. The molecule has 1 aliphatic carbocycles. The van der Waals surface area contributed by atoms with Crippen molar-refractivity contribution < 1.29 is 13.6 Å². The molecule has 1 aromatic heterocycles. The summed E-state index contributed by atoms with van der Waals surface area (Å²) in [6, 6.07) is 8.94. The van der Waals surface area contributed by atoms with Crippen molar-refractivity contribution >= 4 is 34.6 Å². The van der Waals surface area contributed by atoms with E-state index in [4.69, 9.17) is 0 Å². The second kappa shape index (κ2) is 6.59. The van der Waals surface area contributed by atoms with Crippen molar-refractivity contribution in [1.29, 1.82) is 0 Å². The topological polar surface area (TPSA) is 69.8 Å². The summed E-state index contributed by atoms with van der Waals surface area (Å²) in [5, 5.41) is 13.3. The zero-order chi connectivity index (χ0) is 19.0. The van der Waals surface area contributed by atoms with Gasteiger partial charge in [0.15, 0.2) is 0 Å². The van der Waals surface area contributed by atoms with Crippen molar-refractivity contribution in [2.45, 2.75) is 18.4 Å². The molecule has 7 heteroatoms. The van der Waals surface area contributed by atoms with E-state index < -0.39 is 11.4 Å². The molecule has 1 saturated carbocycles. The SMILES string of the molecule is CNC1(C(=O)Nc2cc3c(C=Cc4ccc(F)cc4)n[nH]c3cc2F)CC1. The Kier molecular flexibility index (Phi) is 4.24. The molecule has 0 bridgehead atoms. The number of aromatic nitrogens is 2. The Morgan fingerprint density at radius 3 is 2.59 bits per heavy atom. The standard InChI is InChI=1S/C20H18F2N4O/c1-23-20(8-9-20)19(27)24-18-10-14-16(25-26-17(14)11-15(18)22)7-4-12-2-5-13(21)6-3-12/h2-7,10-11,23H,8-9H2,1H3,(H,24,27)(H,25,26). The minimum Gasteiger partial charge on any atom is -0.322 e. The number of halogens is 2. The summed E-state index contributed by atoms with van der Waals surface area (Å²) in [5.74, 6) is -1.07. The summed E-state index contributed by atoms with van der Waals surface area (Å²) < 4.78 is 27.3. The van der Waals surface area contributed by atoms with E-state index >= 15 is 0 Å². The highest BCUT2D eigenvalue weighted by molar-refractivity contribution is 6.02. The van der Waals surface area contributed by atoms with Crippen molar-refractivity contribution in [2.75, 3.05) is 12.4 Å². The van der Waals surface area contributed by atoms with Gasteiger partial charge in [0.05, 0.1) is 22.4 Å². The molecule has 1 fully saturated rings. The maximum absolute atomic E-state index is 14.4. The molecule has 138 valence electrons. The van der Waals surface area contributed by atoms with Crippen LogP contribution in [0.5, 0.6) is 0 Å². The van der Waals surface area contributed by atoms with Crippen LogP contribution in [-0.2, 0) is 4.79 Å². The van der Waals surface area contributed by atoms with E-state index in [0.29, 0.717) is 16.6 Å². The van der Waals surface area contributed by atoms with Crippen molar-refractivity contribution in [1.82, 2.24) is 15.5 Å². The van der Waals surface area contributed by atoms with Crippen LogP contribution in [0.1, 0.15) is 24.1 Å². The molecule has 0 spiro atoms. The average Bonchev–Trinajstić information content (AvgIpc) is 3.38. The summed E-state index contributed by atoms with van der Waals surface area (Å²) in [6.07, 6.45) is 5.01. The number of nitrogens with one attached hydrogen (secondary N) is 3. The lowest BCUT2D eigenvalue weighted by atomic mass is 10.1.